The molecule has 3 aliphatic carbocycles. The van der Waals surface area contributed by atoms with E-state index in [2.05, 4.69) is 23.9 Å². The molecule has 0 aromatic carbocycles. The lowest BCUT2D eigenvalue weighted by Gasteiger charge is -2.36. The number of likely N-dealkylation sites (N-methyl/N-ethyl adjacent to an activating group) is 1. The van der Waals surface area contributed by atoms with Gasteiger partial charge in [0.1, 0.15) is 0 Å². The quantitative estimate of drug-likeness (QED) is 0.839. The lowest BCUT2D eigenvalue weighted by Crippen LogP contribution is -2.51. The van der Waals surface area contributed by atoms with E-state index in [0.29, 0.717) is 23.8 Å². The first-order chi connectivity index (χ1) is 10.1. The Bertz CT molecular complexity index is 376. The van der Waals surface area contributed by atoms with Crippen molar-refractivity contribution < 1.29 is 4.79 Å². The van der Waals surface area contributed by atoms with Crippen molar-refractivity contribution in [3.05, 3.63) is 0 Å². The van der Waals surface area contributed by atoms with E-state index in [4.69, 9.17) is 5.73 Å². The highest BCUT2D eigenvalue weighted by Crippen LogP contribution is 2.48. The Labute approximate surface area is 129 Å². The van der Waals surface area contributed by atoms with E-state index in [1.807, 2.05) is 0 Å². The number of hydrogen-bond donors (Lipinski definition) is 1. The molecule has 4 atom stereocenters. The largest absolute Gasteiger partial charge is 0.338 e. The van der Waals surface area contributed by atoms with Gasteiger partial charge in [-0.1, -0.05) is 12.8 Å². The molecule has 3 rings (SSSR count). The predicted octanol–water partition coefficient (Wildman–Crippen LogP) is 1.69. The van der Waals surface area contributed by atoms with Crippen molar-refractivity contribution in [2.75, 3.05) is 27.2 Å². The molecule has 0 aliphatic heterocycles. The van der Waals surface area contributed by atoms with Gasteiger partial charge in [-0.15, -0.1) is 0 Å². The molecule has 2 N–H and O–H groups in total. The van der Waals surface area contributed by atoms with Gasteiger partial charge in [0.2, 0.25) is 5.91 Å². The Kier molecular flexibility index (Phi) is 4.55. The minimum atomic E-state index is 0.117. The molecular weight excluding hydrogens is 262 g/mol. The van der Waals surface area contributed by atoms with Gasteiger partial charge in [0.15, 0.2) is 0 Å². The van der Waals surface area contributed by atoms with Gasteiger partial charge in [0, 0.05) is 25.2 Å². The summed E-state index contributed by atoms with van der Waals surface area (Å²) in [5, 5.41) is 0. The lowest BCUT2D eigenvalue weighted by atomic mass is 9.83. The summed E-state index contributed by atoms with van der Waals surface area (Å²) < 4.78 is 0. The molecule has 1 amide bonds. The number of hydrogen-bond acceptors (Lipinski definition) is 3. The van der Waals surface area contributed by atoms with Gasteiger partial charge in [-0.2, -0.15) is 0 Å². The Balaban J connectivity index is 1.70. The van der Waals surface area contributed by atoms with E-state index in [-0.39, 0.29) is 12.0 Å². The summed E-state index contributed by atoms with van der Waals surface area (Å²) in [6, 6.07) is 0.600. The van der Waals surface area contributed by atoms with Crippen LogP contribution in [0.1, 0.15) is 44.9 Å². The summed E-state index contributed by atoms with van der Waals surface area (Å²) in [7, 11) is 4.17. The van der Waals surface area contributed by atoms with Crippen LogP contribution in [-0.4, -0.2) is 55.0 Å². The molecule has 4 nitrogen and oxygen atoms in total. The molecule has 0 saturated heterocycles. The fraction of sp³-hybridized carbons (Fsp3) is 0.941. The summed E-state index contributed by atoms with van der Waals surface area (Å²) in [4.78, 5) is 17.6. The van der Waals surface area contributed by atoms with Crippen LogP contribution in [0.15, 0.2) is 0 Å². The van der Waals surface area contributed by atoms with E-state index in [0.717, 1.165) is 13.1 Å². The van der Waals surface area contributed by atoms with Crippen LogP contribution in [0.5, 0.6) is 0 Å². The second-order valence-corrected chi connectivity index (χ2v) is 7.71. The summed E-state index contributed by atoms with van der Waals surface area (Å²) in [5.41, 5.74) is 6.40. The zero-order valence-corrected chi connectivity index (χ0v) is 13.6. The summed E-state index contributed by atoms with van der Waals surface area (Å²) >= 11 is 0. The maximum absolute atomic E-state index is 13.2. The molecule has 0 heterocycles. The molecule has 4 unspecified atom stereocenters. The lowest BCUT2D eigenvalue weighted by molar-refractivity contribution is -0.140. The molecule has 0 radical (unpaired) electrons. The zero-order valence-electron chi connectivity index (χ0n) is 13.6. The summed E-state index contributed by atoms with van der Waals surface area (Å²) in [5.74, 6) is 1.68. The van der Waals surface area contributed by atoms with Crippen molar-refractivity contribution in [1.82, 2.24) is 9.80 Å². The van der Waals surface area contributed by atoms with Gasteiger partial charge >= 0.3 is 0 Å². The second kappa shape index (κ2) is 6.25. The van der Waals surface area contributed by atoms with Crippen molar-refractivity contribution in [3.8, 4) is 0 Å². The molecule has 3 aliphatic rings. The fourth-order valence-corrected chi connectivity index (χ4v) is 4.89. The minimum Gasteiger partial charge on any atom is -0.338 e. The molecule has 3 saturated carbocycles. The third kappa shape index (κ3) is 2.98. The van der Waals surface area contributed by atoms with Crippen LogP contribution in [0, 0.1) is 17.8 Å². The van der Waals surface area contributed by atoms with Crippen LogP contribution in [0.2, 0.25) is 0 Å². The fourth-order valence-electron chi connectivity index (χ4n) is 4.89. The van der Waals surface area contributed by atoms with Crippen molar-refractivity contribution >= 4 is 5.91 Å². The normalized spacial score (nSPS) is 35.8. The average Bonchev–Trinajstić information content (AvgIpc) is 3.14. The van der Waals surface area contributed by atoms with Gasteiger partial charge in [-0.3, -0.25) is 4.79 Å². The van der Waals surface area contributed by atoms with Gasteiger partial charge < -0.3 is 15.5 Å². The van der Waals surface area contributed by atoms with Gasteiger partial charge in [0.25, 0.3) is 0 Å². The van der Waals surface area contributed by atoms with Crippen LogP contribution >= 0.6 is 0 Å². The third-order valence-corrected chi connectivity index (χ3v) is 6.10. The van der Waals surface area contributed by atoms with Crippen molar-refractivity contribution in [3.63, 3.8) is 0 Å². The van der Waals surface area contributed by atoms with Gasteiger partial charge in [-0.05, 0) is 58.0 Å². The van der Waals surface area contributed by atoms with Crippen LogP contribution in [0.3, 0.4) is 0 Å². The van der Waals surface area contributed by atoms with Gasteiger partial charge in [0.05, 0.1) is 5.92 Å². The second-order valence-electron chi connectivity index (χ2n) is 7.71. The summed E-state index contributed by atoms with van der Waals surface area (Å²) in [6.07, 6.45) is 8.60. The van der Waals surface area contributed by atoms with Crippen molar-refractivity contribution in [2.24, 2.45) is 23.5 Å². The van der Waals surface area contributed by atoms with Crippen LogP contribution in [0.4, 0.5) is 0 Å². The van der Waals surface area contributed by atoms with E-state index in [9.17, 15) is 4.79 Å². The van der Waals surface area contributed by atoms with Crippen LogP contribution in [0.25, 0.3) is 0 Å². The van der Waals surface area contributed by atoms with Crippen LogP contribution in [-0.2, 0) is 4.79 Å². The monoisotopic (exact) mass is 293 g/mol. The highest BCUT2D eigenvalue weighted by atomic mass is 16.2. The molecule has 2 bridgehead atoms. The Morgan fingerprint density at radius 3 is 2.29 bits per heavy atom. The molecule has 4 heteroatoms. The topological polar surface area (TPSA) is 49.6 Å². The maximum atomic E-state index is 13.2. The molecule has 0 spiro atoms. The van der Waals surface area contributed by atoms with E-state index >= 15 is 0 Å². The number of rotatable bonds is 5. The minimum absolute atomic E-state index is 0.117. The molecular formula is C17H31N3O. The number of carbonyl (C=O) groups excluding carboxylic acids is 1. The number of nitrogens with two attached hydrogens (primary N) is 1. The Hall–Kier alpha value is -0.610. The molecule has 21 heavy (non-hydrogen) atoms. The summed E-state index contributed by atoms with van der Waals surface area (Å²) in [6.45, 7) is 1.83. The van der Waals surface area contributed by atoms with Gasteiger partial charge in [-0.25, -0.2) is 0 Å². The SMILES string of the molecule is CN(C)CCN(C(=O)C1C2CCC(C2)C1N)C1CCCC1. The number of nitrogens with zero attached hydrogens (tertiary/aromatic N) is 2. The average molecular weight is 293 g/mol. The highest BCUT2D eigenvalue weighted by Gasteiger charge is 2.50. The smallest absolute Gasteiger partial charge is 0.227 e. The molecule has 0 aromatic rings. The first kappa shape index (κ1) is 15.3. The van der Waals surface area contributed by atoms with E-state index < -0.39 is 0 Å². The van der Waals surface area contributed by atoms with E-state index in [1.54, 1.807) is 0 Å². The van der Waals surface area contributed by atoms with Crippen LogP contribution < -0.4 is 5.73 Å². The molecule has 0 aromatic heterocycles. The highest BCUT2D eigenvalue weighted by molar-refractivity contribution is 5.81. The number of amides is 1. The first-order valence-electron chi connectivity index (χ1n) is 8.78. The standard InChI is InChI=1S/C17H31N3O/c1-19(2)9-10-20(14-5-3-4-6-14)17(21)15-12-7-8-13(11-12)16(15)18/h12-16H,3-11,18H2,1-2H3. The zero-order chi connectivity index (χ0) is 15.0. The van der Waals surface area contributed by atoms with Crippen molar-refractivity contribution in [1.29, 1.82) is 0 Å². The maximum Gasteiger partial charge on any atom is 0.227 e. The molecule has 3 fully saturated rings. The predicted molar refractivity (Wildman–Crippen MR) is 84.8 cm³/mol. The number of carbonyl (C=O) groups is 1. The van der Waals surface area contributed by atoms with E-state index in [1.165, 1.54) is 44.9 Å². The Morgan fingerprint density at radius 1 is 1.05 bits per heavy atom. The molecule has 120 valence electrons. The third-order valence-electron chi connectivity index (χ3n) is 6.10. The Morgan fingerprint density at radius 2 is 1.71 bits per heavy atom. The first-order valence-corrected chi connectivity index (χ1v) is 8.78. The van der Waals surface area contributed by atoms with Crippen molar-refractivity contribution in [2.45, 2.75) is 57.0 Å². The number of fused-ring (bicyclic) bond motifs is 2.